The summed E-state index contributed by atoms with van der Waals surface area (Å²) >= 11 is 5.82. The molecular formula is C18H14N4OS2. The quantitative estimate of drug-likeness (QED) is 0.566. The summed E-state index contributed by atoms with van der Waals surface area (Å²) in [6, 6.07) is 14.9. The molecule has 5 nitrogen and oxygen atoms in total. The molecule has 7 heteroatoms. The summed E-state index contributed by atoms with van der Waals surface area (Å²) in [5.41, 5.74) is 1.13. The molecule has 0 atom stereocenters. The van der Waals surface area contributed by atoms with Crippen molar-refractivity contribution in [2.45, 2.75) is 10.6 Å². The van der Waals surface area contributed by atoms with E-state index >= 15 is 0 Å². The standard InChI is InChI=1S/C18H14N4OS2/c1-25-13-7-5-12(6-8-13)22-17(15-4-2-3-9-20-15)21-16(11-24)14(10-19)18(22)23/h2-9,24H,11H2,1H3. The summed E-state index contributed by atoms with van der Waals surface area (Å²) in [6.07, 6.45) is 3.62. The number of aromatic nitrogens is 3. The van der Waals surface area contributed by atoms with Gasteiger partial charge in [0.2, 0.25) is 0 Å². The van der Waals surface area contributed by atoms with Gasteiger partial charge in [-0.2, -0.15) is 17.9 Å². The highest BCUT2D eigenvalue weighted by Gasteiger charge is 2.18. The van der Waals surface area contributed by atoms with Crippen LogP contribution in [0.15, 0.2) is 58.4 Å². The number of nitriles is 1. The minimum atomic E-state index is -0.417. The van der Waals surface area contributed by atoms with Crippen molar-refractivity contribution in [2.75, 3.05) is 6.26 Å². The zero-order valence-corrected chi connectivity index (χ0v) is 15.1. The molecule has 2 heterocycles. The van der Waals surface area contributed by atoms with Gasteiger partial charge in [-0.25, -0.2) is 4.98 Å². The van der Waals surface area contributed by atoms with E-state index in [0.717, 1.165) is 4.90 Å². The Labute approximate surface area is 154 Å². The second-order valence-corrected chi connectivity index (χ2v) is 6.28. The third-order valence-corrected chi connectivity index (χ3v) is 4.69. The predicted octanol–water partition coefficient (Wildman–Crippen LogP) is 3.32. The van der Waals surface area contributed by atoms with E-state index in [0.29, 0.717) is 22.9 Å². The smallest absolute Gasteiger partial charge is 0.267 e. The van der Waals surface area contributed by atoms with E-state index in [4.69, 9.17) is 0 Å². The number of thiol groups is 1. The Bertz CT molecular complexity index is 993. The number of nitrogens with zero attached hydrogens (tertiary/aromatic N) is 4. The maximum absolute atomic E-state index is 13.0. The van der Waals surface area contributed by atoms with Gasteiger partial charge in [-0.05, 0) is 42.7 Å². The number of hydrogen-bond donors (Lipinski definition) is 1. The summed E-state index contributed by atoms with van der Waals surface area (Å²) < 4.78 is 1.43. The lowest BCUT2D eigenvalue weighted by Crippen LogP contribution is -2.26. The Morgan fingerprint density at radius 2 is 2.00 bits per heavy atom. The highest BCUT2D eigenvalue weighted by molar-refractivity contribution is 7.98. The topological polar surface area (TPSA) is 71.6 Å². The number of pyridine rings is 1. The average Bonchev–Trinajstić information content (AvgIpc) is 2.68. The number of hydrogen-bond acceptors (Lipinski definition) is 6. The molecule has 0 amide bonds. The molecule has 0 bridgehead atoms. The van der Waals surface area contributed by atoms with Crippen LogP contribution in [0.4, 0.5) is 0 Å². The Morgan fingerprint density at radius 3 is 2.56 bits per heavy atom. The first-order chi connectivity index (χ1) is 12.2. The largest absolute Gasteiger partial charge is 0.276 e. The molecule has 3 aromatic rings. The zero-order valence-electron chi connectivity index (χ0n) is 13.4. The van der Waals surface area contributed by atoms with Crippen molar-refractivity contribution in [3.63, 3.8) is 0 Å². The van der Waals surface area contributed by atoms with Crippen LogP contribution in [-0.4, -0.2) is 20.8 Å². The van der Waals surface area contributed by atoms with Crippen LogP contribution in [0.2, 0.25) is 0 Å². The van der Waals surface area contributed by atoms with Gasteiger partial charge in [-0.1, -0.05) is 6.07 Å². The lowest BCUT2D eigenvalue weighted by molar-refractivity contribution is 0.907. The van der Waals surface area contributed by atoms with E-state index in [1.165, 1.54) is 4.57 Å². The summed E-state index contributed by atoms with van der Waals surface area (Å²) in [5.74, 6) is 0.593. The van der Waals surface area contributed by atoms with Crippen LogP contribution in [0, 0.1) is 11.3 Å². The number of benzene rings is 1. The Balaban J connectivity index is 2.35. The predicted molar refractivity (Wildman–Crippen MR) is 102 cm³/mol. The van der Waals surface area contributed by atoms with Gasteiger partial charge in [-0.15, -0.1) is 11.8 Å². The fourth-order valence-electron chi connectivity index (χ4n) is 2.43. The van der Waals surface area contributed by atoms with Gasteiger partial charge < -0.3 is 0 Å². The van der Waals surface area contributed by atoms with Gasteiger partial charge in [0, 0.05) is 16.8 Å². The minimum Gasteiger partial charge on any atom is -0.267 e. The van der Waals surface area contributed by atoms with Crippen molar-refractivity contribution < 1.29 is 0 Å². The van der Waals surface area contributed by atoms with Crippen molar-refractivity contribution in [1.29, 1.82) is 5.26 Å². The highest BCUT2D eigenvalue weighted by atomic mass is 32.2. The molecular weight excluding hydrogens is 352 g/mol. The second kappa shape index (κ2) is 7.55. The highest BCUT2D eigenvalue weighted by Crippen LogP contribution is 2.22. The molecule has 25 heavy (non-hydrogen) atoms. The van der Waals surface area contributed by atoms with E-state index in [1.807, 2.05) is 42.7 Å². The van der Waals surface area contributed by atoms with Crippen LogP contribution in [0.25, 0.3) is 17.2 Å². The Morgan fingerprint density at radius 1 is 1.24 bits per heavy atom. The van der Waals surface area contributed by atoms with Crippen LogP contribution in [-0.2, 0) is 5.75 Å². The van der Waals surface area contributed by atoms with Gasteiger partial charge in [0.05, 0.1) is 11.4 Å². The Hall–Kier alpha value is -2.56. The third-order valence-electron chi connectivity index (χ3n) is 3.64. The van der Waals surface area contributed by atoms with Gasteiger partial charge in [0.1, 0.15) is 17.3 Å². The lowest BCUT2D eigenvalue weighted by Gasteiger charge is -2.14. The van der Waals surface area contributed by atoms with E-state index in [1.54, 1.807) is 30.1 Å². The maximum Gasteiger partial charge on any atom is 0.276 e. The fraction of sp³-hybridized carbons (Fsp3) is 0.111. The number of thioether (sulfide) groups is 1. The molecule has 0 aliphatic carbocycles. The van der Waals surface area contributed by atoms with Gasteiger partial charge in [-0.3, -0.25) is 14.3 Å². The maximum atomic E-state index is 13.0. The van der Waals surface area contributed by atoms with Crippen molar-refractivity contribution >= 4 is 24.4 Å². The van der Waals surface area contributed by atoms with Gasteiger partial charge in [0.25, 0.3) is 5.56 Å². The Kier molecular flexibility index (Phi) is 5.22. The normalized spacial score (nSPS) is 10.4. The van der Waals surface area contributed by atoms with Crippen molar-refractivity contribution in [3.05, 3.63) is 70.3 Å². The van der Waals surface area contributed by atoms with E-state index in [2.05, 4.69) is 22.6 Å². The van der Waals surface area contributed by atoms with E-state index < -0.39 is 5.56 Å². The minimum absolute atomic E-state index is 0.00336. The molecule has 0 saturated heterocycles. The SMILES string of the molecule is CSc1ccc(-n2c(-c3ccccn3)nc(CS)c(C#N)c2=O)cc1. The van der Waals surface area contributed by atoms with Crippen LogP contribution in [0.5, 0.6) is 0 Å². The molecule has 0 aliphatic heterocycles. The molecule has 0 saturated carbocycles. The van der Waals surface area contributed by atoms with Crippen molar-refractivity contribution in [2.24, 2.45) is 0 Å². The molecule has 3 rings (SSSR count). The molecule has 124 valence electrons. The van der Waals surface area contributed by atoms with Crippen LogP contribution in [0.1, 0.15) is 11.3 Å². The molecule has 0 aliphatic rings. The van der Waals surface area contributed by atoms with Crippen LogP contribution >= 0.6 is 24.4 Å². The molecule has 0 N–H and O–H groups in total. The monoisotopic (exact) mass is 366 g/mol. The fourth-order valence-corrected chi connectivity index (χ4v) is 3.07. The van der Waals surface area contributed by atoms with Gasteiger partial charge >= 0.3 is 0 Å². The molecule has 0 spiro atoms. The lowest BCUT2D eigenvalue weighted by atomic mass is 10.2. The van der Waals surface area contributed by atoms with E-state index in [9.17, 15) is 10.1 Å². The number of rotatable bonds is 4. The summed E-state index contributed by atoms with van der Waals surface area (Å²) in [5, 5.41) is 9.39. The summed E-state index contributed by atoms with van der Waals surface area (Å²) in [6.45, 7) is 0. The van der Waals surface area contributed by atoms with Gasteiger partial charge in [0.15, 0.2) is 5.82 Å². The summed E-state index contributed by atoms with van der Waals surface area (Å²) in [7, 11) is 0. The van der Waals surface area contributed by atoms with Crippen LogP contribution in [0.3, 0.4) is 0 Å². The second-order valence-electron chi connectivity index (χ2n) is 5.08. The van der Waals surface area contributed by atoms with Crippen molar-refractivity contribution in [3.8, 4) is 23.3 Å². The molecule has 0 fully saturated rings. The molecule has 0 unspecified atom stereocenters. The zero-order chi connectivity index (χ0) is 17.8. The molecule has 2 aromatic heterocycles. The first-order valence-corrected chi connectivity index (χ1v) is 9.28. The third kappa shape index (κ3) is 3.31. The molecule has 1 aromatic carbocycles. The average molecular weight is 366 g/mol. The molecule has 0 radical (unpaired) electrons. The van der Waals surface area contributed by atoms with Crippen LogP contribution < -0.4 is 5.56 Å². The van der Waals surface area contributed by atoms with E-state index in [-0.39, 0.29) is 11.3 Å². The summed E-state index contributed by atoms with van der Waals surface area (Å²) in [4.78, 5) is 22.9. The first-order valence-electron chi connectivity index (χ1n) is 7.42. The first kappa shape index (κ1) is 17.3. The van der Waals surface area contributed by atoms with Crippen molar-refractivity contribution in [1.82, 2.24) is 14.5 Å².